The van der Waals surface area contributed by atoms with Gasteiger partial charge in [0.1, 0.15) is 0 Å². The van der Waals surface area contributed by atoms with Crippen molar-refractivity contribution in [1.29, 1.82) is 0 Å². The van der Waals surface area contributed by atoms with Gasteiger partial charge in [-0.3, -0.25) is 0 Å². The average molecular weight is 300 g/mol. The van der Waals surface area contributed by atoms with Crippen molar-refractivity contribution in [3.05, 3.63) is 34.3 Å². The van der Waals surface area contributed by atoms with Crippen LogP contribution in [0.2, 0.25) is 5.02 Å². The van der Waals surface area contributed by atoms with Gasteiger partial charge in [0.15, 0.2) is 0 Å². The van der Waals surface area contributed by atoms with E-state index in [0.717, 1.165) is 31.9 Å². The van der Waals surface area contributed by atoms with Crippen LogP contribution in [0.3, 0.4) is 0 Å². The van der Waals surface area contributed by atoms with E-state index in [1.165, 1.54) is 12.1 Å². The summed E-state index contributed by atoms with van der Waals surface area (Å²) >= 11 is 5.64. The Hall–Kier alpha value is -0.450. The molecule has 1 nitrogen and oxygen atoms in total. The Morgan fingerprint density at radius 2 is 1.94 bits per heavy atom. The summed E-state index contributed by atoms with van der Waals surface area (Å²) in [5.41, 5.74) is -0.314. The van der Waals surface area contributed by atoms with Crippen LogP contribution in [0.15, 0.2) is 18.2 Å². The number of halogens is 5. The first-order valence-corrected chi connectivity index (χ1v) is 5.96. The summed E-state index contributed by atoms with van der Waals surface area (Å²) in [4.78, 5) is 0. The fraction of sp³-hybridized carbons (Fsp3) is 0.500. The molecule has 102 valence electrons. The molecule has 1 heterocycles. The highest BCUT2D eigenvalue weighted by Gasteiger charge is 2.35. The van der Waals surface area contributed by atoms with Crippen LogP contribution in [0, 0.1) is 0 Å². The Kier molecular flexibility index (Phi) is 5.32. The lowest BCUT2D eigenvalue weighted by Gasteiger charge is -2.26. The quantitative estimate of drug-likeness (QED) is 0.799. The third kappa shape index (κ3) is 3.53. The van der Waals surface area contributed by atoms with Crippen LogP contribution < -0.4 is 5.32 Å². The Labute approximate surface area is 115 Å². The van der Waals surface area contributed by atoms with E-state index in [2.05, 4.69) is 5.32 Å². The zero-order valence-electron chi connectivity index (χ0n) is 9.56. The zero-order chi connectivity index (χ0) is 12.5. The van der Waals surface area contributed by atoms with Crippen LogP contribution in [-0.2, 0) is 6.18 Å². The molecule has 1 aromatic carbocycles. The van der Waals surface area contributed by atoms with E-state index in [9.17, 15) is 13.2 Å². The summed E-state index contributed by atoms with van der Waals surface area (Å²) in [7, 11) is 0. The van der Waals surface area contributed by atoms with Crippen LogP contribution in [0.5, 0.6) is 0 Å². The third-order valence-electron chi connectivity index (χ3n) is 3.01. The van der Waals surface area contributed by atoms with Gasteiger partial charge in [0, 0.05) is 11.1 Å². The Morgan fingerprint density at radius 3 is 2.50 bits per heavy atom. The minimum atomic E-state index is -4.35. The molecule has 1 N–H and O–H groups in total. The molecule has 1 fully saturated rings. The lowest BCUT2D eigenvalue weighted by atomic mass is 9.93. The smallest absolute Gasteiger partial charge is 0.310 e. The Balaban J connectivity index is 0.00000162. The lowest BCUT2D eigenvalue weighted by molar-refractivity contribution is -0.138. The number of benzene rings is 1. The SMILES string of the molecule is Cl.FC(F)(F)c1cc(Cl)ccc1[C@@H]1CCCCN1. The number of alkyl halides is 3. The third-order valence-corrected chi connectivity index (χ3v) is 3.24. The largest absolute Gasteiger partial charge is 0.416 e. The lowest BCUT2D eigenvalue weighted by Crippen LogP contribution is -2.28. The second-order valence-corrected chi connectivity index (χ2v) is 4.67. The van der Waals surface area contributed by atoms with Gasteiger partial charge in [0.05, 0.1) is 5.56 Å². The van der Waals surface area contributed by atoms with Crippen LogP contribution in [0.1, 0.15) is 36.4 Å². The molecule has 6 heteroatoms. The first-order chi connectivity index (χ1) is 7.98. The van der Waals surface area contributed by atoms with Crippen molar-refractivity contribution < 1.29 is 13.2 Å². The van der Waals surface area contributed by atoms with E-state index in [0.29, 0.717) is 5.56 Å². The molecule has 0 bridgehead atoms. The maximum Gasteiger partial charge on any atom is 0.416 e. The van der Waals surface area contributed by atoms with Crippen LogP contribution in [0.4, 0.5) is 13.2 Å². The molecular weight excluding hydrogens is 286 g/mol. The second-order valence-electron chi connectivity index (χ2n) is 4.23. The monoisotopic (exact) mass is 299 g/mol. The van der Waals surface area contributed by atoms with Gasteiger partial charge < -0.3 is 5.32 Å². The highest BCUT2D eigenvalue weighted by atomic mass is 35.5. The molecule has 0 saturated carbocycles. The summed E-state index contributed by atoms with van der Waals surface area (Å²) < 4.78 is 38.7. The zero-order valence-corrected chi connectivity index (χ0v) is 11.1. The van der Waals surface area contributed by atoms with E-state index in [-0.39, 0.29) is 23.5 Å². The fourth-order valence-electron chi connectivity index (χ4n) is 2.20. The molecule has 2 rings (SSSR count). The molecule has 0 radical (unpaired) electrons. The predicted molar refractivity (Wildman–Crippen MR) is 68.3 cm³/mol. The topological polar surface area (TPSA) is 12.0 Å². The standard InChI is InChI=1S/C12H13ClF3N.ClH/c13-8-4-5-9(10(7-8)12(14,15)16)11-3-1-2-6-17-11;/h4-5,7,11,17H,1-3,6H2;1H/t11-;/m0./s1. The van der Waals surface area contributed by atoms with Crippen LogP contribution in [-0.4, -0.2) is 6.54 Å². The predicted octanol–water partition coefficient (Wildman–Crippen LogP) is 4.60. The minimum absolute atomic E-state index is 0. The van der Waals surface area contributed by atoms with Crippen LogP contribution in [0.25, 0.3) is 0 Å². The average Bonchev–Trinajstić information content (AvgIpc) is 2.29. The molecular formula is C12H14Cl2F3N. The Morgan fingerprint density at radius 1 is 1.22 bits per heavy atom. The highest BCUT2D eigenvalue weighted by molar-refractivity contribution is 6.30. The van der Waals surface area contributed by atoms with E-state index in [1.54, 1.807) is 0 Å². The van der Waals surface area contributed by atoms with Crippen molar-refractivity contribution in [3.63, 3.8) is 0 Å². The first-order valence-electron chi connectivity index (χ1n) is 5.58. The Bertz CT molecular complexity index is 401. The van der Waals surface area contributed by atoms with Crippen molar-refractivity contribution in [3.8, 4) is 0 Å². The number of hydrogen-bond acceptors (Lipinski definition) is 1. The molecule has 0 aromatic heterocycles. The minimum Gasteiger partial charge on any atom is -0.310 e. The molecule has 1 aliphatic rings. The van der Waals surface area contributed by atoms with Gasteiger partial charge in [0.25, 0.3) is 0 Å². The highest BCUT2D eigenvalue weighted by Crippen LogP contribution is 2.38. The second kappa shape index (κ2) is 6.13. The van der Waals surface area contributed by atoms with Gasteiger partial charge in [-0.2, -0.15) is 13.2 Å². The molecule has 0 spiro atoms. The van der Waals surface area contributed by atoms with Gasteiger partial charge in [-0.1, -0.05) is 24.1 Å². The summed E-state index contributed by atoms with van der Waals surface area (Å²) in [6, 6.07) is 3.79. The van der Waals surface area contributed by atoms with Crippen molar-refractivity contribution in [1.82, 2.24) is 5.32 Å². The molecule has 0 aliphatic carbocycles. The summed E-state index contributed by atoms with van der Waals surface area (Å²) in [5.74, 6) is 0. The summed E-state index contributed by atoms with van der Waals surface area (Å²) in [5, 5.41) is 3.25. The summed E-state index contributed by atoms with van der Waals surface area (Å²) in [6.45, 7) is 0.768. The van der Waals surface area contributed by atoms with Gasteiger partial charge >= 0.3 is 6.18 Å². The number of rotatable bonds is 1. The van der Waals surface area contributed by atoms with Crippen molar-refractivity contribution in [2.45, 2.75) is 31.5 Å². The van der Waals surface area contributed by atoms with Crippen molar-refractivity contribution in [2.24, 2.45) is 0 Å². The molecule has 0 amide bonds. The number of piperidine rings is 1. The van der Waals surface area contributed by atoms with Gasteiger partial charge in [-0.15, -0.1) is 12.4 Å². The number of hydrogen-bond donors (Lipinski definition) is 1. The normalized spacial score (nSPS) is 20.3. The molecule has 1 saturated heterocycles. The van der Waals surface area contributed by atoms with E-state index < -0.39 is 11.7 Å². The molecule has 1 aliphatic heterocycles. The molecule has 1 aromatic rings. The maximum absolute atomic E-state index is 12.9. The van der Waals surface area contributed by atoms with Gasteiger partial charge in [-0.05, 0) is 37.1 Å². The maximum atomic E-state index is 12.9. The van der Waals surface area contributed by atoms with E-state index in [4.69, 9.17) is 11.6 Å². The fourth-order valence-corrected chi connectivity index (χ4v) is 2.37. The first kappa shape index (κ1) is 15.6. The van der Waals surface area contributed by atoms with Gasteiger partial charge in [0.2, 0.25) is 0 Å². The molecule has 18 heavy (non-hydrogen) atoms. The van der Waals surface area contributed by atoms with E-state index in [1.807, 2.05) is 0 Å². The van der Waals surface area contributed by atoms with Crippen LogP contribution >= 0.6 is 24.0 Å². The van der Waals surface area contributed by atoms with Crippen molar-refractivity contribution >= 4 is 24.0 Å². The van der Waals surface area contributed by atoms with Gasteiger partial charge in [-0.25, -0.2) is 0 Å². The summed E-state index contributed by atoms with van der Waals surface area (Å²) in [6.07, 6.45) is -1.63. The molecule has 1 atom stereocenters. The number of nitrogens with one attached hydrogen (secondary N) is 1. The van der Waals surface area contributed by atoms with E-state index >= 15 is 0 Å². The molecule has 0 unspecified atom stereocenters. The van der Waals surface area contributed by atoms with Crippen molar-refractivity contribution in [2.75, 3.05) is 6.54 Å².